The van der Waals surface area contributed by atoms with Crippen LogP contribution in [0.3, 0.4) is 0 Å². The Morgan fingerprint density at radius 3 is 2.24 bits per heavy atom. The van der Waals surface area contributed by atoms with Gasteiger partial charge in [-0.3, -0.25) is 9.36 Å². The molecule has 0 saturated carbocycles. The summed E-state index contributed by atoms with van der Waals surface area (Å²) in [7, 11) is -1.29. The molecular weight excluding hydrogens is 296 g/mol. The summed E-state index contributed by atoms with van der Waals surface area (Å²) in [5.41, 5.74) is 4.12. The molecule has 0 aromatic carbocycles. The molecule has 1 fully saturated rings. The fraction of sp³-hybridized carbons (Fsp3) is 0.667. The third kappa shape index (κ3) is 2.34. The van der Waals surface area contributed by atoms with E-state index < -0.39 is 31.7 Å². The van der Waals surface area contributed by atoms with Gasteiger partial charge in [0.2, 0.25) is 10.0 Å². The molecule has 1 aliphatic heterocycles. The third-order valence-electron chi connectivity index (χ3n) is 4.12. The molecule has 9 heteroatoms. The first-order valence-electron chi connectivity index (χ1n) is 6.56. The lowest BCUT2D eigenvalue weighted by Gasteiger charge is -2.49. The molecule has 1 aromatic rings. The average molecular weight is 316 g/mol. The Bertz CT molecular complexity index is 784. The van der Waals surface area contributed by atoms with Crippen LogP contribution in [0.25, 0.3) is 0 Å². The molecule has 2 N–H and O–H groups in total. The highest BCUT2D eigenvalue weighted by molar-refractivity contribution is 7.89. The minimum Gasteiger partial charge on any atom is -0.323 e. The van der Waals surface area contributed by atoms with E-state index in [1.807, 2.05) is 13.8 Å². The molecule has 0 aliphatic carbocycles. The first kappa shape index (κ1) is 15.9. The van der Waals surface area contributed by atoms with Gasteiger partial charge in [-0.1, -0.05) is 13.8 Å². The fourth-order valence-electron chi connectivity index (χ4n) is 2.24. The average Bonchev–Trinajstić information content (AvgIpc) is 2.36. The lowest BCUT2D eigenvalue weighted by Crippen LogP contribution is -2.71. The molecule has 0 spiro atoms. The van der Waals surface area contributed by atoms with E-state index in [1.165, 1.54) is 18.4 Å². The van der Waals surface area contributed by atoms with Crippen LogP contribution in [-0.2, 0) is 24.1 Å². The van der Waals surface area contributed by atoms with Crippen molar-refractivity contribution >= 4 is 10.0 Å². The molecule has 8 nitrogen and oxygen atoms in total. The number of nitrogens with zero attached hydrogens (tertiary/aromatic N) is 3. The predicted molar refractivity (Wildman–Crippen MR) is 77.4 cm³/mol. The minimum absolute atomic E-state index is 0.131. The SMILES string of the molecule is CC(C)C1(N)CN(S(=O)(=O)c2cn(C)c(=O)n(C)c2=O)C1. The number of aromatic nitrogens is 2. The molecule has 0 amide bonds. The van der Waals surface area contributed by atoms with Gasteiger partial charge in [-0.15, -0.1) is 0 Å². The topological polar surface area (TPSA) is 107 Å². The van der Waals surface area contributed by atoms with Gasteiger partial charge in [-0.2, -0.15) is 4.31 Å². The summed E-state index contributed by atoms with van der Waals surface area (Å²) in [6.45, 7) is 4.18. The summed E-state index contributed by atoms with van der Waals surface area (Å²) in [5, 5.41) is 0. The monoisotopic (exact) mass is 316 g/mol. The van der Waals surface area contributed by atoms with Gasteiger partial charge in [0.1, 0.15) is 0 Å². The summed E-state index contributed by atoms with van der Waals surface area (Å²) in [6, 6.07) is 0. The zero-order chi connectivity index (χ0) is 16.2. The Labute approximate surface area is 122 Å². The van der Waals surface area contributed by atoms with Crippen molar-refractivity contribution in [1.82, 2.24) is 13.4 Å². The molecule has 2 heterocycles. The van der Waals surface area contributed by atoms with Crippen molar-refractivity contribution in [1.29, 1.82) is 0 Å². The van der Waals surface area contributed by atoms with Crippen LogP contribution in [0.1, 0.15) is 13.8 Å². The van der Waals surface area contributed by atoms with Crippen LogP contribution in [0.4, 0.5) is 0 Å². The van der Waals surface area contributed by atoms with Crippen LogP contribution < -0.4 is 17.0 Å². The van der Waals surface area contributed by atoms with E-state index in [-0.39, 0.29) is 19.0 Å². The first-order valence-corrected chi connectivity index (χ1v) is 8.00. The highest BCUT2D eigenvalue weighted by atomic mass is 32.2. The zero-order valence-electron chi connectivity index (χ0n) is 12.5. The van der Waals surface area contributed by atoms with Crippen molar-refractivity contribution in [3.8, 4) is 0 Å². The van der Waals surface area contributed by atoms with Crippen LogP contribution in [0.5, 0.6) is 0 Å². The Morgan fingerprint density at radius 2 is 1.76 bits per heavy atom. The highest BCUT2D eigenvalue weighted by Crippen LogP contribution is 2.30. The Kier molecular flexibility index (Phi) is 3.63. The molecule has 21 heavy (non-hydrogen) atoms. The summed E-state index contributed by atoms with van der Waals surface area (Å²) < 4.78 is 28.0. The fourth-order valence-corrected chi connectivity index (χ4v) is 3.98. The van der Waals surface area contributed by atoms with Gasteiger partial charge in [0, 0.05) is 38.9 Å². The summed E-state index contributed by atoms with van der Waals surface area (Å²) >= 11 is 0. The maximum Gasteiger partial charge on any atom is 0.330 e. The Balaban J connectivity index is 2.45. The van der Waals surface area contributed by atoms with Crippen LogP contribution in [0.15, 0.2) is 20.7 Å². The van der Waals surface area contributed by atoms with Gasteiger partial charge >= 0.3 is 5.69 Å². The molecule has 1 aliphatic rings. The van der Waals surface area contributed by atoms with Crippen molar-refractivity contribution in [2.75, 3.05) is 13.1 Å². The first-order chi connectivity index (χ1) is 9.50. The highest BCUT2D eigenvalue weighted by Gasteiger charge is 2.48. The van der Waals surface area contributed by atoms with Gasteiger partial charge in [0.05, 0.1) is 0 Å². The summed E-state index contributed by atoms with van der Waals surface area (Å²) in [6.07, 6.45) is 1.06. The van der Waals surface area contributed by atoms with Gasteiger partial charge in [-0.05, 0) is 5.92 Å². The quantitative estimate of drug-likeness (QED) is 0.726. The van der Waals surface area contributed by atoms with E-state index >= 15 is 0 Å². The molecule has 2 rings (SSSR count). The third-order valence-corrected chi connectivity index (χ3v) is 5.90. The zero-order valence-corrected chi connectivity index (χ0v) is 13.3. The molecule has 1 aromatic heterocycles. The van der Waals surface area contributed by atoms with Crippen LogP contribution in [0, 0.1) is 5.92 Å². The maximum absolute atomic E-state index is 12.5. The van der Waals surface area contributed by atoms with E-state index in [1.54, 1.807) is 0 Å². The lowest BCUT2D eigenvalue weighted by atomic mass is 9.82. The second kappa shape index (κ2) is 4.79. The predicted octanol–water partition coefficient (Wildman–Crippen LogP) is -1.56. The number of rotatable bonds is 3. The van der Waals surface area contributed by atoms with Gasteiger partial charge in [-0.25, -0.2) is 13.2 Å². The molecule has 118 valence electrons. The molecule has 0 radical (unpaired) electrons. The Hall–Kier alpha value is -1.45. The van der Waals surface area contributed by atoms with Crippen molar-refractivity contribution in [2.24, 2.45) is 25.7 Å². The molecule has 0 bridgehead atoms. The van der Waals surface area contributed by atoms with Crippen LogP contribution in [0.2, 0.25) is 0 Å². The number of sulfonamides is 1. The lowest BCUT2D eigenvalue weighted by molar-refractivity contribution is 0.110. The van der Waals surface area contributed by atoms with E-state index in [0.29, 0.717) is 0 Å². The largest absolute Gasteiger partial charge is 0.330 e. The van der Waals surface area contributed by atoms with Crippen LogP contribution >= 0.6 is 0 Å². The van der Waals surface area contributed by atoms with Gasteiger partial charge < -0.3 is 10.3 Å². The van der Waals surface area contributed by atoms with Gasteiger partial charge in [0.15, 0.2) is 4.90 Å². The van der Waals surface area contributed by atoms with E-state index in [2.05, 4.69) is 0 Å². The summed E-state index contributed by atoms with van der Waals surface area (Å²) in [4.78, 5) is 23.2. The smallest absolute Gasteiger partial charge is 0.323 e. The molecule has 1 saturated heterocycles. The molecule has 0 unspecified atom stereocenters. The van der Waals surface area contributed by atoms with Crippen molar-refractivity contribution in [3.63, 3.8) is 0 Å². The maximum atomic E-state index is 12.5. The van der Waals surface area contributed by atoms with Crippen LogP contribution in [-0.4, -0.2) is 40.5 Å². The van der Waals surface area contributed by atoms with E-state index in [4.69, 9.17) is 5.73 Å². The number of hydrogen-bond acceptors (Lipinski definition) is 5. The standard InChI is InChI=1S/C12H20N4O4S/c1-8(2)12(13)6-16(7-12)21(19,20)9-5-14(3)11(18)15(4)10(9)17/h5,8H,6-7,13H2,1-4H3. The number of nitrogens with two attached hydrogens (primary N) is 1. The molecule has 0 atom stereocenters. The molecular formula is C12H20N4O4S. The Morgan fingerprint density at radius 1 is 1.24 bits per heavy atom. The normalized spacial score (nSPS) is 18.8. The van der Waals surface area contributed by atoms with Crippen molar-refractivity contribution in [2.45, 2.75) is 24.3 Å². The van der Waals surface area contributed by atoms with Gasteiger partial charge in [0.25, 0.3) is 5.56 Å². The second-order valence-electron chi connectivity index (χ2n) is 5.91. The van der Waals surface area contributed by atoms with E-state index in [9.17, 15) is 18.0 Å². The second-order valence-corrected chi connectivity index (χ2v) is 7.82. The number of aryl methyl sites for hydroxylation is 1. The van der Waals surface area contributed by atoms with Crippen molar-refractivity contribution < 1.29 is 8.42 Å². The van der Waals surface area contributed by atoms with Crippen molar-refractivity contribution in [3.05, 3.63) is 27.0 Å². The van der Waals surface area contributed by atoms with E-state index in [0.717, 1.165) is 15.3 Å². The minimum atomic E-state index is -3.94. The summed E-state index contributed by atoms with van der Waals surface area (Å²) in [5.74, 6) is 0.131. The number of hydrogen-bond donors (Lipinski definition) is 1.